The Morgan fingerprint density at radius 3 is 2.37 bits per heavy atom. The summed E-state index contributed by atoms with van der Waals surface area (Å²) in [5.74, 6) is -8.33. The van der Waals surface area contributed by atoms with E-state index in [0.29, 0.717) is 6.54 Å². The lowest BCUT2D eigenvalue weighted by Crippen LogP contribution is -2.65. The fourth-order valence-electron chi connectivity index (χ4n) is 6.70. The smallest absolute Gasteiger partial charge is 0.255 e. The highest BCUT2D eigenvalue weighted by Crippen LogP contribution is 2.53. The number of carbonyl (C=O) groups is 3. The number of phenolic OH excluding ortho intramolecular Hbond substituents is 1. The predicted molar refractivity (Wildman–Crippen MR) is 146 cm³/mol. The van der Waals surface area contributed by atoms with Gasteiger partial charge in [0.1, 0.15) is 28.7 Å². The number of aliphatic hydroxyl groups excluding tert-OH is 2. The Labute approximate surface area is 235 Å². The van der Waals surface area contributed by atoms with E-state index in [1.54, 1.807) is 7.05 Å². The average Bonchev–Trinajstić information content (AvgIpc) is 2.89. The maximum Gasteiger partial charge on any atom is 0.255 e. The summed E-state index contributed by atoms with van der Waals surface area (Å²) in [4.78, 5) is 42.4. The van der Waals surface area contributed by atoms with E-state index in [4.69, 9.17) is 5.73 Å². The Kier molecular flexibility index (Phi) is 7.01. The molecule has 0 spiro atoms. The largest absolute Gasteiger partial charge is 0.508 e. The van der Waals surface area contributed by atoms with Gasteiger partial charge in [0.15, 0.2) is 11.4 Å². The van der Waals surface area contributed by atoms with Crippen molar-refractivity contribution in [2.45, 2.75) is 37.6 Å². The molecule has 0 aliphatic heterocycles. The summed E-state index contributed by atoms with van der Waals surface area (Å²) in [7, 11) is 4.84. The first kappa shape index (κ1) is 28.5. The number of carbonyl (C=O) groups excluding carboxylic acids is 3. The van der Waals surface area contributed by atoms with E-state index in [1.807, 2.05) is 35.2 Å². The van der Waals surface area contributed by atoms with Gasteiger partial charge in [-0.1, -0.05) is 30.3 Å². The van der Waals surface area contributed by atoms with Crippen molar-refractivity contribution in [1.29, 1.82) is 0 Å². The lowest BCUT2D eigenvalue weighted by molar-refractivity contribution is -0.153. The molecule has 5 rings (SSSR count). The van der Waals surface area contributed by atoms with Gasteiger partial charge in [0.2, 0.25) is 5.78 Å². The normalized spacial score (nSPS) is 25.9. The number of primary amides is 1. The van der Waals surface area contributed by atoms with Crippen LogP contribution in [-0.4, -0.2) is 80.5 Å². The van der Waals surface area contributed by atoms with Gasteiger partial charge in [-0.3, -0.25) is 24.2 Å². The maximum atomic E-state index is 16.0. The van der Waals surface area contributed by atoms with Crippen LogP contribution in [0.25, 0.3) is 5.76 Å². The second-order valence-electron chi connectivity index (χ2n) is 11.3. The molecule has 2 aromatic rings. The van der Waals surface area contributed by atoms with Gasteiger partial charge in [0, 0.05) is 35.7 Å². The molecule has 41 heavy (non-hydrogen) atoms. The Morgan fingerprint density at radius 1 is 1.10 bits per heavy atom. The van der Waals surface area contributed by atoms with Gasteiger partial charge in [0.05, 0.1) is 11.6 Å². The average molecular weight is 566 g/mol. The Bertz CT molecular complexity index is 1530. The van der Waals surface area contributed by atoms with Crippen molar-refractivity contribution in [2.24, 2.45) is 17.6 Å². The highest BCUT2D eigenvalue weighted by Gasteiger charge is 2.64. The van der Waals surface area contributed by atoms with Crippen LogP contribution in [0.3, 0.4) is 0 Å². The number of benzene rings is 2. The first-order valence-electron chi connectivity index (χ1n) is 13.2. The van der Waals surface area contributed by atoms with Crippen LogP contribution in [0.1, 0.15) is 28.7 Å². The summed E-state index contributed by atoms with van der Waals surface area (Å²) in [6.45, 7) is 0.672. The van der Waals surface area contributed by atoms with Crippen LogP contribution in [0.2, 0.25) is 0 Å². The Hall–Kier alpha value is -4.06. The molecule has 1 fully saturated rings. The molecule has 0 bridgehead atoms. The maximum absolute atomic E-state index is 16.0. The van der Waals surface area contributed by atoms with Gasteiger partial charge < -0.3 is 26.2 Å². The summed E-state index contributed by atoms with van der Waals surface area (Å²) in [5, 5.41) is 44.7. The number of nitrogens with two attached hydrogens (primary N) is 1. The monoisotopic (exact) mass is 565 g/mol. The Balaban J connectivity index is 1.58. The van der Waals surface area contributed by atoms with Crippen molar-refractivity contribution < 1.29 is 39.2 Å². The molecule has 6 N–H and O–H groups in total. The first-order valence-corrected chi connectivity index (χ1v) is 13.2. The highest BCUT2D eigenvalue weighted by molar-refractivity contribution is 6.24. The molecule has 2 aromatic carbocycles. The van der Waals surface area contributed by atoms with Crippen LogP contribution in [0.4, 0.5) is 4.39 Å². The van der Waals surface area contributed by atoms with Crippen LogP contribution in [0, 0.1) is 17.7 Å². The number of hydrogen-bond acceptors (Lipinski definition) is 9. The molecular formula is C30H32FN3O7. The Morgan fingerprint density at radius 2 is 1.76 bits per heavy atom. The summed E-state index contributed by atoms with van der Waals surface area (Å²) in [5.41, 5.74) is 2.34. The van der Waals surface area contributed by atoms with Gasteiger partial charge in [-0.05, 0) is 51.5 Å². The molecule has 3 aliphatic rings. The molecule has 0 aromatic heterocycles. The fraction of sp³-hybridized carbons (Fsp3) is 0.367. The third-order valence-electron chi connectivity index (χ3n) is 8.46. The number of rotatable bonds is 6. The topological polar surface area (TPSA) is 165 Å². The van der Waals surface area contributed by atoms with E-state index in [0.717, 1.165) is 5.56 Å². The molecule has 11 heteroatoms. The molecule has 1 saturated carbocycles. The third kappa shape index (κ3) is 4.32. The zero-order chi connectivity index (χ0) is 30.0. The standard InChI is InChI=1S/C30H32FN3O7/c1-33(2)24-18-10-15-9-17-21(19(35)11-16(23(17)31)13-34(3)12-14-7-5-4-6-8-14)25(36)20(15)27(38)30(18,41)28(39)22(26(24)37)29(32)40/h4-8,11,15,18,24,35-36,39,41H,9-10,12-13H2,1-3H3,(H2,32,40)/t15-,18-,24-,30-/m0/s1. The lowest BCUT2D eigenvalue weighted by atomic mass is 9.57. The second-order valence-corrected chi connectivity index (χ2v) is 11.3. The van der Waals surface area contributed by atoms with Gasteiger partial charge in [-0.25, -0.2) is 4.39 Å². The molecule has 0 unspecified atom stereocenters. The van der Waals surface area contributed by atoms with Crippen LogP contribution in [0.15, 0.2) is 53.3 Å². The number of halogens is 1. The molecule has 10 nitrogen and oxygen atoms in total. The predicted octanol–water partition coefficient (Wildman–Crippen LogP) is 1.74. The minimum Gasteiger partial charge on any atom is -0.508 e. The highest BCUT2D eigenvalue weighted by atomic mass is 19.1. The van der Waals surface area contributed by atoms with Gasteiger partial charge in [0.25, 0.3) is 5.91 Å². The third-order valence-corrected chi connectivity index (χ3v) is 8.46. The van der Waals surface area contributed by atoms with E-state index in [2.05, 4.69) is 0 Å². The summed E-state index contributed by atoms with van der Waals surface area (Å²) >= 11 is 0. The first-order chi connectivity index (χ1) is 19.3. The number of amides is 1. The van der Waals surface area contributed by atoms with Crippen molar-refractivity contribution in [3.05, 3.63) is 81.4 Å². The number of phenols is 1. The molecule has 216 valence electrons. The van der Waals surface area contributed by atoms with Crippen LogP contribution < -0.4 is 5.73 Å². The van der Waals surface area contributed by atoms with Crippen molar-refractivity contribution in [2.75, 3.05) is 21.1 Å². The number of likely N-dealkylation sites (N-methyl/N-ethyl adjacent to an activating group) is 1. The minimum absolute atomic E-state index is 0.0127. The lowest BCUT2D eigenvalue weighted by Gasteiger charge is -2.50. The van der Waals surface area contributed by atoms with Crippen molar-refractivity contribution >= 4 is 23.2 Å². The van der Waals surface area contributed by atoms with Crippen LogP contribution >= 0.6 is 0 Å². The minimum atomic E-state index is -2.74. The number of Topliss-reactive ketones (excluding diaryl/α,β-unsaturated/α-hetero) is 2. The molecule has 0 heterocycles. The molecule has 0 radical (unpaired) electrons. The summed E-state index contributed by atoms with van der Waals surface area (Å²) in [6, 6.07) is 9.58. The second kappa shape index (κ2) is 10.1. The van der Waals surface area contributed by atoms with E-state index >= 15 is 4.39 Å². The van der Waals surface area contributed by atoms with Crippen LogP contribution in [0.5, 0.6) is 5.75 Å². The number of fused-ring (bicyclic) bond motifs is 3. The number of ketones is 2. The molecule has 0 saturated heterocycles. The van der Waals surface area contributed by atoms with Crippen molar-refractivity contribution in [3.63, 3.8) is 0 Å². The van der Waals surface area contributed by atoms with Crippen LogP contribution in [-0.2, 0) is 33.9 Å². The molecule has 4 atom stereocenters. The van der Waals surface area contributed by atoms with Crippen molar-refractivity contribution in [3.8, 4) is 5.75 Å². The quantitative estimate of drug-likeness (QED) is 0.328. The summed E-state index contributed by atoms with van der Waals surface area (Å²) < 4.78 is 16.0. The van der Waals surface area contributed by atoms with Gasteiger partial charge >= 0.3 is 0 Å². The van der Waals surface area contributed by atoms with E-state index in [9.17, 15) is 34.8 Å². The number of aromatic hydroxyl groups is 1. The number of hydrogen-bond donors (Lipinski definition) is 5. The molecule has 1 amide bonds. The van der Waals surface area contributed by atoms with Crippen molar-refractivity contribution in [1.82, 2.24) is 9.80 Å². The molecular weight excluding hydrogens is 533 g/mol. The number of nitrogens with zero attached hydrogens (tertiary/aromatic N) is 2. The van der Waals surface area contributed by atoms with Gasteiger partial charge in [-0.15, -0.1) is 0 Å². The summed E-state index contributed by atoms with van der Waals surface area (Å²) in [6.07, 6.45) is -0.214. The van der Waals surface area contributed by atoms with E-state index < -0.39 is 69.6 Å². The van der Waals surface area contributed by atoms with E-state index in [-0.39, 0.29) is 41.6 Å². The molecule has 3 aliphatic carbocycles. The SMILES string of the molecule is CN(Cc1ccccc1)Cc1cc(O)c2c(c1F)C[C@H]1C[C@H]3[C@H](N(C)C)C(=O)C(C(N)=O)=C(O)[C@@]3(O)C(=O)C1=C2O. The van der Waals surface area contributed by atoms with E-state index in [1.165, 1.54) is 25.1 Å². The fourth-order valence-corrected chi connectivity index (χ4v) is 6.70. The van der Waals surface area contributed by atoms with Gasteiger partial charge in [-0.2, -0.15) is 0 Å². The number of aliphatic hydroxyl groups is 3. The zero-order valence-corrected chi connectivity index (χ0v) is 22.9. The zero-order valence-electron chi connectivity index (χ0n) is 22.9.